The highest BCUT2D eigenvalue weighted by molar-refractivity contribution is 7.99. The summed E-state index contributed by atoms with van der Waals surface area (Å²) in [5.41, 5.74) is 0.243. The number of ether oxygens (including phenoxy) is 1. The highest BCUT2D eigenvalue weighted by atomic mass is 32.2. The summed E-state index contributed by atoms with van der Waals surface area (Å²) in [6.45, 7) is 1.29. The summed E-state index contributed by atoms with van der Waals surface area (Å²) >= 11 is 2.05. The zero-order valence-electron chi connectivity index (χ0n) is 10.1. The third-order valence-corrected chi connectivity index (χ3v) is 5.27. The predicted molar refractivity (Wildman–Crippen MR) is 69.0 cm³/mol. The van der Waals surface area contributed by atoms with Gasteiger partial charge < -0.3 is 9.84 Å². The van der Waals surface area contributed by atoms with E-state index in [0.29, 0.717) is 6.61 Å². The van der Waals surface area contributed by atoms with Gasteiger partial charge >= 0.3 is 0 Å². The van der Waals surface area contributed by atoms with E-state index >= 15 is 0 Å². The van der Waals surface area contributed by atoms with Crippen LogP contribution in [0.5, 0.6) is 0 Å². The van der Waals surface area contributed by atoms with Gasteiger partial charge in [0.1, 0.15) is 0 Å². The second-order valence-corrected chi connectivity index (χ2v) is 6.56. The summed E-state index contributed by atoms with van der Waals surface area (Å²) in [4.78, 5) is 0. The Morgan fingerprint density at radius 2 is 2.06 bits per heavy atom. The van der Waals surface area contributed by atoms with Crippen LogP contribution in [0.1, 0.15) is 51.4 Å². The summed E-state index contributed by atoms with van der Waals surface area (Å²) in [5.74, 6) is 1.11. The molecular weight excluding hydrogens is 220 g/mol. The Balaban J connectivity index is 1.78. The Bertz CT molecular complexity index is 197. The molecule has 1 saturated carbocycles. The van der Waals surface area contributed by atoms with Crippen molar-refractivity contribution in [2.75, 3.05) is 19.0 Å². The minimum Gasteiger partial charge on any atom is -0.396 e. The van der Waals surface area contributed by atoms with Gasteiger partial charge in [-0.3, -0.25) is 0 Å². The van der Waals surface area contributed by atoms with Crippen LogP contribution in [0.3, 0.4) is 0 Å². The smallest absolute Gasteiger partial charge is 0.0693 e. The maximum absolute atomic E-state index is 8.80. The first kappa shape index (κ1) is 12.7. The average Bonchev–Trinajstić information content (AvgIpc) is 2.31. The molecule has 1 aliphatic carbocycles. The fourth-order valence-corrected chi connectivity index (χ4v) is 4.30. The Morgan fingerprint density at radius 3 is 2.81 bits per heavy atom. The van der Waals surface area contributed by atoms with Crippen LogP contribution in [0, 0.1) is 0 Å². The number of aliphatic hydroxyl groups excluding tert-OH is 1. The summed E-state index contributed by atoms with van der Waals surface area (Å²) in [5, 5.41) is 9.58. The highest BCUT2D eigenvalue weighted by Gasteiger charge is 2.38. The molecule has 1 aliphatic heterocycles. The van der Waals surface area contributed by atoms with Gasteiger partial charge in [0, 0.05) is 18.5 Å². The van der Waals surface area contributed by atoms with Crippen molar-refractivity contribution >= 4 is 11.8 Å². The van der Waals surface area contributed by atoms with E-state index in [0.717, 1.165) is 24.0 Å². The Hall–Kier alpha value is 0.270. The quantitative estimate of drug-likeness (QED) is 0.771. The number of aliphatic hydroxyl groups is 1. The van der Waals surface area contributed by atoms with Crippen molar-refractivity contribution in [3.63, 3.8) is 0 Å². The molecule has 1 unspecified atom stereocenters. The van der Waals surface area contributed by atoms with Gasteiger partial charge in [-0.2, -0.15) is 11.8 Å². The third kappa shape index (κ3) is 3.38. The molecule has 1 saturated heterocycles. The molecule has 2 fully saturated rings. The minimum atomic E-state index is 0.243. The SMILES string of the molecule is OCCCSC1CCOC2(CCCCC2)C1. The van der Waals surface area contributed by atoms with Crippen LogP contribution in [0.25, 0.3) is 0 Å². The first-order valence-corrected chi connectivity index (χ1v) is 7.76. The molecule has 0 bridgehead atoms. The van der Waals surface area contributed by atoms with E-state index in [2.05, 4.69) is 0 Å². The Labute approximate surface area is 103 Å². The van der Waals surface area contributed by atoms with Gasteiger partial charge in [0.25, 0.3) is 0 Å². The lowest BCUT2D eigenvalue weighted by Crippen LogP contribution is -2.42. The van der Waals surface area contributed by atoms with E-state index in [1.165, 1.54) is 44.9 Å². The van der Waals surface area contributed by atoms with Gasteiger partial charge in [-0.1, -0.05) is 19.3 Å². The van der Waals surface area contributed by atoms with E-state index in [9.17, 15) is 0 Å². The molecule has 2 nitrogen and oxygen atoms in total. The van der Waals surface area contributed by atoms with Crippen LogP contribution in [-0.4, -0.2) is 34.9 Å². The van der Waals surface area contributed by atoms with Crippen molar-refractivity contribution < 1.29 is 9.84 Å². The van der Waals surface area contributed by atoms with Crippen LogP contribution in [-0.2, 0) is 4.74 Å². The predicted octanol–water partition coefficient (Wildman–Crippen LogP) is 2.98. The fraction of sp³-hybridized carbons (Fsp3) is 1.00. The van der Waals surface area contributed by atoms with Crippen molar-refractivity contribution in [2.24, 2.45) is 0 Å². The van der Waals surface area contributed by atoms with Gasteiger partial charge in [0.15, 0.2) is 0 Å². The molecule has 1 N–H and O–H groups in total. The van der Waals surface area contributed by atoms with Crippen LogP contribution in [0.4, 0.5) is 0 Å². The first-order chi connectivity index (χ1) is 7.85. The lowest BCUT2D eigenvalue weighted by atomic mass is 9.80. The van der Waals surface area contributed by atoms with Gasteiger partial charge in [0.05, 0.1) is 5.60 Å². The number of hydrogen-bond donors (Lipinski definition) is 1. The molecule has 1 atom stereocenters. The fourth-order valence-electron chi connectivity index (χ4n) is 2.98. The van der Waals surface area contributed by atoms with Gasteiger partial charge in [-0.25, -0.2) is 0 Å². The molecule has 0 aromatic heterocycles. The highest BCUT2D eigenvalue weighted by Crippen LogP contribution is 2.41. The van der Waals surface area contributed by atoms with E-state index in [1.807, 2.05) is 11.8 Å². The molecule has 3 heteroatoms. The molecular formula is C13H24O2S. The molecule has 16 heavy (non-hydrogen) atoms. The van der Waals surface area contributed by atoms with E-state index in [-0.39, 0.29) is 5.60 Å². The zero-order chi connectivity index (χ0) is 11.3. The summed E-state index contributed by atoms with van der Waals surface area (Å²) in [7, 11) is 0. The molecule has 2 aliphatic rings. The second kappa shape index (κ2) is 6.27. The molecule has 0 radical (unpaired) electrons. The molecule has 0 aromatic rings. The normalized spacial score (nSPS) is 29.4. The molecule has 2 rings (SSSR count). The minimum absolute atomic E-state index is 0.243. The molecule has 94 valence electrons. The number of hydrogen-bond acceptors (Lipinski definition) is 3. The largest absolute Gasteiger partial charge is 0.396 e. The second-order valence-electron chi connectivity index (χ2n) is 5.15. The summed E-state index contributed by atoms with van der Waals surface area (Å²) in [6.07, 6.45) is 10.1. The summed E-state index contributed by atoms with van der Waals surface area (Å²) < 4.78 is 6.08. The molecule has 1 heterocycles. The molecule has 0 amide bonds. The molecule has 0 aromatic carbocycles. The summed E-state index contributed by atoms with van der Waals surface area (Å²) in [6, 6.07) is 0. The van der Waals surface area contributed by atoms with E-state index in [1.54, 1.807) is 0 Å². The lowest BCUT2D eigenvalue weighted by Gasteiger charge is -2.43. The standard InChI is InChI=1S/C13H24O2S/c14-8-4-10-16-12-5-9-15-13(11-12)6-2-1-3-7-13/h12,14H,1-11H2. The number of thioether (sulfide) groups is 1. The van der Waals surface area contributed by atoms with Crippen molar-refractivity contribution in [1.82, 2.24) is 0 Å². The van der Waals surface area contributed by atoms with E-state index in [4.69, 9.17) is 9.84 Å². The van der Waals surface area contributed by atoms with Gasteiger partial charge in [-0.15, -0.1) is 0 Å². The van der Waals surface area contributed by atoms with Crippen molar-refractivity contribution in [1.29, 1.82) is 0 Å². The maximum Gasteiger partial charge on any atom is 0.0693 e. The Kier molecular flexibility index (Phi) is 4.98. The Morgan fingerprint density at radius 1 is 1.25 bits per heavy atom. The van der Waals surface area contributed by atoms with Crippen LogP contribution in [0.15, 0.2) is 0 Å². The third-order valence-electron chi connectivity index (χ3n) is 3.87. The lowest BCUT2D eigenvalue weighted by molar-refractivity contribution is -0.0970. The van der Waals surface area contributed by atoms with Crippen molar-refractivity contribution in [2.45, 2.75) is 62.2 Å². The van der Waals surface area contributed by atoms with Gasteiger partial charge in [-0.05, 0) is 37.9 Å². The van der Waals surface area contributed by atoms with Crippen LogP contribution < -0.4 is 0 Å². The average molecular weight is 244 g/mol. The first-order valence-electron chi connectivity index (χ1n) is 6.71. The van der Waals surface area contributed by atoms with Gasteiger partial charge in [0.2, 0.25) is 0 Å². The number of rotatable bonds is 4. The maximum atomic E-state index is 8.80. The van der Waals surface area contributed by atoms with Crippen molar-refractivity contribution in [3.05, 3.63) is 0 Å². The van der Waals surface area contributed by atoms with Crippen LogP contribution >= 0.6 is 11.8 Å². The monoisotopic (exact) mass is 244 g/mol. The topological polar surface area (TPSA) is 29.5 Å². The van der Waals surface area contributed by atoms with E-state index < -0.39 is 0 Å². The van der Waals surface area contributed by atoms with Crippen LogP contribution in [0.2, 0.25) is 0 Å². The van der Waals surface area contributed by atoms with Crippen molar-refractivity contribution in [3.8, 4) is 0 Å². The zero-order valence-corrected chi connectivity index (χ0v) is 10.9. The molecule has 1 spiro atoms.